The molecule has 14 heavy (non-hydrogen) atoms. The molecule has 3 N–H and O–H groups in total. The zero-order valence-corrected chi connectivity index (χ0v) is 10.2. The van der Waals surface area contributed by atoms with Gasteiger partial charge in [0.2, 0.25) is 0 Å². The maximum absolute atomic E-state index is 5.59. The molecule has 0 aromatic carbocycles. The Morgan fingerprint density at radius 1 is 1.21 bits per heavy atom. The van der Waals surface area contributed by atoms with Gasteiger partial charge in [-0.3, -0.25) is 11.3 Å². The first kappa shape index (κ1) is 13.9. The minimum absolute atomic E-state index is 0.380. The van der Waals surface area contributed by atoms with Gasteiger partial charge in [0.1, 0.15) is 0 Å². The van der Waals surface area contributed by atoms with E-state index in [2.05, 4.69) is 33.1 Å². The van der Waals surface area contributed by atoms with E-state index in [0.717, 1.165) is 13.0 Å². The van der Waals surface area contributed by atoms with E-state index in [-0.39, 0.29) is 0 Å². The third kappa shape index (κ3) is 4.40. The second-order valence-electron chi connectivity index (χ2n) is 4.55. The molecule has 0 fully saturated rings. The van der Waals surface area contributed by atoms with E-state index in [4.69, 9.17) is 10.6 Å². The summed E-state index contributed by atoms with van der Waals surface area (Å²) in [6, 6.07) is 0.380. The summed E-state index contributed by atoms with van der Waals surface area (Å²) in [5.74, 6) is 7.39. The molecule has 3 unspecified atom stereocenters. The first-order valence-corrected chi connectivity index (χ1v) is 5.49. The number of methoxy groups -OCH3 is 1. The maximum Gasteiger partial charge on any atom is 0.0465 e. The Labute approximate surface area is 88.4 Å². The van der Waals surface area contributed by atoms with Crippen molar-refractivity contribution in [3.63, 3.8) is 0 Å². The standard InChI is InChI=1S/C11H26N2O/c1-8(2)10(4)11(13-12)9(3)6-7-14-5/h8-11,13H,6-7,12H2,1-5H3. The van der Waals surface area contributed by atoms with Gasteiger partial charge in [-0.1, -0.05) is 27.7 Å². The molecule has 0 aliphatic rings. The third-order valence-corrected chi connectivity index (χ3v) is 3.20. The van der Waals surface area contributed by atoms with Crippen LogP contribution in [0.3, 0.4) is 0 Å². The van der Waals surface area contributed by atoms with E-state index in [9.17, 15) is 0 Å². The van der Waals surface area contributed by atoms with E-state index in [1.165, 1.54) is 0 Å². The second-order valence-corrected chi connectivity index (χ2v) is 4.55. The van der Waals surface area contributed by atoms with Gasteiger partial charge in [-0.2, -0.15) is 0 Å². The van der Waals surface area contributed by atoms with Gasteiger partial charge in [0.15, 0.2) is 0 Å². The topological polar surface area (TPSA) is 47.3 Å². The molecule has 0 spiro atoms. The zero-order valence-electron chi connectivity index (χ0n) is 10.2. The summed E-state index contributed by atoms with van der Waals surface area (Å²) in [5, 5.41) is 0. The number of ether oxygens (including phenoxy) is 1. The van der Waals surface area contributed by atoms with Gasteiger partial charge >= 0.3 is 0 Å². The lowest BCUT2D eigenvalue weighted by Crippen LogP contribution is -2.46. The Morgan fingerprint density at radius 3 is 2.14 bits per heavy atom. The van der Waals surface area contributed by atoms with Crippen LogP contribution in [0.15, 0.2) is 0 Å². The molecule has 3 nitrogen and oxygen atoms in total. The highest BCUT2D eigenvalue weighted by Gasteiger charge is 2.24. The molecule has 0 aromatic rings. The smallest absolute Gasteiger partial charge is 0.0465 e. The maximum atomic E-state index is 5.59. The van der Waals surface area contributed by atoms with E-state index < -0.39 is 0 Å². The van der Waals surface area contributed by atoms with E-state index >= 15 is 0 Å². The molecule has 0 aliphatic heterocycles. The predicted molar refractivity (Wildman–Crippen MR) is 60.8 cm³/mol. The minimum atomic E-state index is 0.380. The lowest BCUT2D eigenvalue weighted by atomic mass is 9.82. The van der Waals surface area contributed by atoms with Crippen LogP contribution >= 0.6 is 0 Å². The molecule has 0 saturated heterocycles. The van der Waals surface area contributed by atoms with Gasteiger partial charge in [-0.25, -0.2) is 0 Å². The van der Waals surface area contributed by atoms with Crippen molar-refractivity contribution in [2.24, 2.45) is 23.6 Å². The average molecular weight is 202 g/mol. The number of hydrogen-bond donors (Lipinski definition) is 2. The molecule has 0 aliphatic carbocycles. The fraction of sp³-hybridized carbons (Fsp3) is 1.00. The molecule has 86 valence electrons. The largest absolute Gasteiger partial charge is 0.385 e. The van der Waals surface area contributed by atoms with Crippen LogP contribution in [-0.2, 0) is 4.74 Å². The minimum Gasteiger partial charge on any atom is -0.385 e. The second kappa shape index (κ2) is 7.21. The number of hydrazine groups is 1. The molecular formula is C11H26N2O. The summed E-state index contributed by atoms with van der Waals surface area (Å²) >= 11 is 0. The molecule has 0 rings (SSSR count). The van der Waals surface area contributed by atoms with Crippen LogP contribution in [0, 0.1) is 17.8 Å². The molecular weight excluding hydrogens is 176 g/mol. The van der Waals surface area contributed by atoms with Crippen LogP contribution in [0.2, 0.25) is 0 Å². The molecule has 0 saturated carbocycles. The van der Waals surface area contributed by atoms with Gasteiger partial charge in [-0.15, -0.1) is 0 Å². The summed E-state index contributed by atoms with van der Waals surface area (Å²) in [5.41, 5.74) is 2.94. The molecule has 0 radical (unpaired) electrons. The van der Waals surface area contributed by atoms with Crippen molar-refractivity contribution in [3.8, 4) is 0 Å². The first-order chi connectivity index (χ1) is 6.54. The number of nitrogens with one attached hydrogen (secondary N) is 1. The summed E-state index contributed by atoms with van der Waals surface area (Å²) in [7, 11) is 1.74. The van der Waals surface area contributed by atoms with Gasteiger partial charge in [0.25, 0.3) is 0 Å². The average Bonchev–Trinajstić information content (AvgIpc) is 2.15. The van der Waals surface area contributed by atoms with Gasteiger partial charge in [0, 0.05) is 19.8 Å². The summed E-state index contributed by atoms with van der Waals surface area (Å²) in [4.78, 5) is 0. The normalized spacial score (nSPS) is 18.2. The van der Waals surface area contributed by atoms with Crippen molar-refractivity contribution in [2.75, 3.05) is 13.7 Å². The van der Waals surface area contributed by atoms with Gasteiger partial charge in [0.05, 0.1) is 0 Å². The number of rotatable bonds is 7. The zero-order chi connectivity index (χ0) is 11.1. The summed E-state index contributed by atoms with van der Waals surface area (Å²) in [6.45, 7) is 9.75. The van der Waals surface area contributed by atoms with Crippen molar-refractivity contribution in [3.05, 3.63) is 0 Å². The molecule has 0 bridgehead atoms. The van der Waals surface area contributed by atoms with Crippen molar-refractivity contribution in [1.82, 2.24) is 5.43 Å². The third-order valence-electron chi connectivity index (χ3n) is 3.20. The van der Waals surface area contributed by atoms with Crippen LogP contribution in [0.1, 0.15) is 34.1 Å². The Kier molecular flexibility index (Phi) is 7.15. The SMILES string of the molecule is COCCC(C)C(NN)C(C)C(C)C. The molecule has 0 heterocycles. The van der Waals surface area contributed by atoms with E-state index in [1.54, 1.807) is 7.11 Å². The van der Waals surface area contributed by atoms with Crippen molar-refractivity contribution < 1.29 is 4.74 Å². The fourth-order valence-electron chi connectivity index (χ4n) is 1.73. The van der Waals surface area contributed by atoms with Crippen LogP contribution in [0.25, 0.3) is 0 Å². The highest BCUT2D eigenvalue weighted by Crippen LogP contribution is 2.21. The fourth-order valence-corrected chi connectivity index (χ4v) is 1.73. The van der Waals surface area contributed by atoms with Crippen LogP contribution in [-0.4, -0.2) is 19.8 Å². The lowest BCUT2D eigenvalue weighted by molar-refractivity contribution is 0.151. The molecule has 0 aromatic heterocycles. The van der Waals surface area contributed by atoms with Gasteiger partial charge < -0.3 is 4.74 Å². The Hall–Kier alpha value is -0.120. The number of hydrogen-bond acceptors (Lipinski definition) is 3. The highest BCUT2D eigenvalue weighted by molar-refractivity contribution is 4.78. The highest BCUT2D eigenvalue weighted by atomic mass is 16.5. The molecule has 3 atom stereocenters. The van der Waals surface area contributed by atoms with Crippen molar-refractivity contribution >= 4 is 0 Å². The quantitative estimate of drug-likeness (QED) is 0.489. The summed E-state index contributed by atoms with van der Waals surface area (Å²) < 4.78 is 5.08. The van der Waals surface area contributed by atoms with Crippen LogP contribution in [0.5, 0.6) is 0 Å². The summed E-state index contributed by atoms with van der Waals surface area (Å²) in [6.07, 6.45) is 1.06. The van der Waals surface area contributed by atoms with E-state index in [1.807, 2.05) is 0 Å². The monoisotopic (exact) mass is 202 g/mol. The first-order valence-electron chi connectivity index (χ1n) is 5.49. The van der Waals surface area contributed by atoms with Crippen molar-refractivity contribution in [2.45, 2.75) is 40.2 Å². The molecule has 3 heteroatoms. The Morgan fingerprint density at radius 2 is 1.79 bits per heavy atom. The van der Waals surface area contributed by atoms with Crippen LogP contribution in [0.4, 0.5) is 0 Å². The van der Waals surface area contributed by atoms with Crippen molar-refractivity contribution in [1.29, 1.82) is 0 Å². The number of nitrogens with two attached hydrogens (primary N) is 1. The van der Waals surface area contributed by atoms with Crippen LogP contribution < -0.4 is 11.3 Å². The lowest BCUT2D eigenvalue weighted by Gasteiger charge is -2.31. The van der Waals surface area contributed by atoms with E-state index in [0.29, 0.717) is 23.8 Å². The molecule has 0 amide bonds. The Balaban J connectivity index is 4.10. The Bertz CT molecular complexity index is 139. The van der Waals surface area contributed by atoms with Gasteiger partial charge in [-0.05, 0) is 24.2 Å². The predicted octanol–water partition coefficient (Wildman–Crippen LogP) is 1.78.